The molecule has 0 bridgehead atoms. The second-order valence-corrected chi connectivity index (χ2v) is 6.70. The van der Waals surface area contributed by atoms with Gasteiger partial charge in [0.15, 0.2) is 0 Å². The van der Waals surface area contributed by atoms with Crippen LogP contribution < -0.4 is 10.6 Å². The largest absolute Gasteiger partial charge is 0.368 e. The number of hydrogen-bond donors (Lipinski definition) is 2. The van der Waals surface area contributed by atoms with Crippen molar-refractivity contribution in [3.8, 4) is 0 Å². The fraction of sp³-hybridized carbons (Fsp3) is 0.600. The molecule has 1 aliphatic rings. The molecule has 1 aliphatic heterocycles. The van der Waals surface area contributed by atoms with E-state index in [4.69, 9.17) is 4.74 Å². The van der Waals surface area contributed by atoms with Crippen molar-refractivity contribution in [1.82, 2.24) is 5.32 Å². The third kappa shape index (κ3) is 6.16. The fourth-order valence-electron chi connectivity index (χ4n) is 3.03. The molecule has 5 heteroatoms. The van der Waals surface area contributed by atoms with E-state index in [0.29, 0.717) is 30.3 Å². The maximum absolute atomic E-state index is 12.4. The summed E-state index contributed by atoms with van der Waals surface area (Å²) in [4.78, 5) is 24.5. The van der Waals surface area contributed by atoms with Crippen LogP contribution in [0.4, 0.5) is 5.69 Å². The Morgan fingerprint density at radius 2 is 2.16 bits per heavy atom. The van der Waals surface area contributed by atoms with Gasteiger partial charge in [0.2, 0.25) is 0 Å². The van der Waals surface area contributed by atoms with Crippen LogP contribution in [-0.2, 0) is 9.53 Å². The van der Waals surface area contributed by atoms with Gasteiger partial charge in [-0.3, -0.25) is 9.59 Å². The lowest BCUT2D eigenvalue weighted by atomic mass is 9.99. The zero-order chi connectivity index (χ0) is 18.1. The van der Waals surface area contributed by atoms with Crippen molar-refractivity contribution >= 4 is 17.5 Å². The number of benzene rings is 1. The molecule has 2 N–H and O–H groups in total. The molecule has 1 fully saturated rings. The number of carbonyl (C=O) groups is 2. The Morgan fingerprint density at radius 3 is 2.84 bits per heavy atom. The minimum absolute atomic E-state index is 0.0943. The van der Waals surface area contributed by atoms with Crippen LogP contribution in [0.15, 0.2) is 24.3 Å². The van der Waals surface area contributed by atoms with Gasteiger partial charge in [-0.25, -0.2) is 0 Å². The molecular formula is C20H30N2O3. The predicted octanol–water partition coefficient (Wildman–Crippen LogP) is 3.75. The summed E-state index contributed by atoms with van der Waals surface area (Å²) in [6.45, 7) is 5.68. The van der Waals surface area contributed by atoms with Crippen LogP contribution in [0.25, 0.3) is 0 Å². The second-order valence-electron chi connectivity index (χ2n) is 6.70. The Kier molecular flexibility index (Phi) is 7.92. The van der Waals surface area contributed by atoms with Gasteiger partial charge < -0.3 is 15.4 Å². The lowest BCUT2D eigenvalue weighted by molar-refractivity contribution is -0.124. The molecule has 25 heavy (non-hydrogen) atoms. The van der Waals surface area contributed by atoms with Crippen molar-refractivity contribution < 1.29 is 14.3 Å². The average Bonchev–Trinajstić information content (AvgIpc) is 3.17. The number of unbranched alkanes of at least 4 members (excludes halogenated alkanes) is 1. The molecule has 2 atom stereocenters. The summed E-state index contributed by atoms with van der Waals surface area (Å²) in [5.41, 5.74) is 1.20. The minimum Gasteiger partial charge on any atom is -0.368 e. The van der Waals surface area contributed by atoms with Crippen LogP contribution in [0.3, 0.4) is 0 Å². The van der Waals surface area contributed by atoms with Gasteiger partial charge in [-0.1, -0.05) is 39.2 Å². The summed E-state index contributed by atoms with van der Waals surface area (Å²) in [5.74, 6) is 0.287. The molecule has 1 heterocycles. The molecule has 0 aromatic heterocycles. The molecule has 1 aromatic rings. The Balaban J connectivity index is 1.88. The monoisotopic (exact) mass is 346 g/mol. The first-order chi connectivity index (χ1) is 12.1. The number of hydrogen-bond acceptors (Lipinski definition) is 3. The van der Waals surface area contributed by atoms with Crippen molar-refractivity contribution in [3.05, 3.63) is 29.8 Å². The van der Waals surface area contributed by atoms with Crippen molar-refractivity contribution in [2.24, 2.45) is 5.92 Å². The molecule has 1 aromatic carbocycles. The number of carbonyl (C=O) groups excluding carboxylic acids is 2. The summed E-state index contributed by atoms with van der Waals surface area (Å²) in [7, 11) is 0. The van der Waals surface area contributed by atoms with Crippen molar-refractivity contribution in [2.45, 2.75) is 58.5 Å². The van der Waals surface area contributed by atoms with Gasteiger partial charge in [-0.05, 0) is 43.4 Å². The highest BCUT2D eigenvalue weighted by Crippen LogP contribution is 2.17. The fourth-order valence-corrected chi connectivity index (χ4v) is 3.03. The molecular weight excluding hydrogens is 316 g/mol. The molecule has 1 saturated heterocycles. The molecule has 0 saturated carbocycles. The molecule has 5 nitrogen and oxygen atoms in total. The van der Waals surface area contributed by atoms with E-state index in [9.17, 15) is 9.59 Å². The Bertz CT molecular complexity index is 568. The number of ether oxygens (including phenoxy) is 1. The zero-order valence-electron chi connectivity index (χ0n) is 15.3. The van der Waals surface area contributed by atoms with Gasteiger partial charge >= 0.3 is 0 Å². The normalized spacial score (nSPS) is 17.9. The number of rotatable bonds is 9. The molecule has 0 radical (unpaired) electrons. The molecule has 0 spiro atoms. The Morgan fingerprint density at radius 1 is 1.32 bits per heavy atom. The molecule has 2 amide bonds. The van der Waals surface area contributed by atoms with Crippen LogP contribution in [0.2, 0.25) is 0 Å². The zero-order valence-corrected chi connectivity index (χ0v) is 15.3. The van der Waals surface area contributed by atoms with E-state index < -0.39 is 0 Å². The Hall–Kier alpha value is -1.88. The first kappa shape index (κ1) is 19.4. The van der Waals surface area contributed by atoms with E-state index in [-0.39, 0.29) is 17.9 Å². The van der Waals surface area contributed by atoms with E-state index in [1.807, 2.05) is 0 Å². The van der Waals surface area contributed by atoms with Crippen molar-refractivity contribution in [2.75, 3.05) is 18.5 Å². The van der Waals surface area contributed by atoms with Gasteiger partial charge in [0.05, 0.1) is 0 Å². The molecule has 2 rings (SSSR count). The summed E-state index contributed by atoms with van der Waals surface area (Å²) >= 11 is 0. The summed E-state index contributed by atoms with van der Waals surface area (Å²) < 4.78 is 5.38. The highest BCUT2D eigenvalue weighted by atomic mass is 16.5. The lowest BCUT2D eigenvalue weighted by Gasteiger charge is -2.16. The van der Waals surface area contributed by atoms with E-state index in [1.54, 1.807) is 24.3 Å². The van der Waals surface area contributed by atoms with Gasteiger partial charge in [0.25, 0.3) is 11.8 Å². The first-order valence-corrected chi connectivity index (χ1v) is 9.44. The minimum atomic E-state index is -0.374. The number of amides is 2. The van der Waals surface area contributed by atoms with Crippen LogP contribution in [-0.4, -0.2) is 31.1 Å². The molecule has 0 unspecified atom stereocenters. The van der Waals surface area contributed by atoms with Crippen LogP contribution in [0, 0.1) is 5.92 Å². The van der Waals surface area contributed by atoms with E-state index in [2.05, 4.69) is 24.5 Å². The van der Waals surface area contributed by atoms with Crippen molar-refractivity contribution in [1.29, 1.82) is 0 Å². The van der Waals surface area contributed by atoms with Crippen LogP contribution >= 0.6 is 0 Å². The predicted molar refractivity (Wildman–Crippen MR) is 99.7 cm³/mol. The summed E-state index contributed by atoms with van der Waals surface area (Å²) in [6, 6.07) is 7.06. The maximum Gasteiger partial charge on any atom is 0.253 e. The van der Waals surface area contributed by atoms with Crippen LogP contribution in [0.5, 0.6) is 0 Å². The Labute approximate surface area is 150 Å². The summed E-state index contributed by atoms with van der Waals surface area (Å²) in [6.07, 6.45) is 5.87. The van der Waals surface area contributed by atoms with Gasteiger partial charge in [-0.2, -0.15) is 0 Å². The molecule has 0 aliphatic carbocycles. The lowest BCUT2D eigenvalue weighted by Crippen LogP contribution is -2.29. The van der Waals surface area contributed by atoms with E-state index in [1.165, 1.54) is 12.8 Å². The standard InChI is InChI=1S/C20H30N2O3/c1-3-5-8-15(4-2)14-21-19(23)16-9-6-10-17(13-16)22-20(24)18-11-7-12-25-18/h6,9-10,13,15,18H,3-5,7-8,11-12,14H2,1-2H3,(H,21,23)(H,22,24)/t15-,18+/m1/s1. The first-order valence-electron chi connectivity index (χ1n) is 9.44. The van der Waals surface area contributed by atoms with Gasteiger partial charge in [0, 0.05) is 24.4 Å². The SMILES string of the molecule is CCCC[C@@H](CC)CNC(=O)c1cccc(NC(=O)[C@@H]2CCCO2)c1. The summed E-state index contributed by atoms with van der Waals surface area (Å²) in [5, 5.41) is 5.86. The smallest absolute Gasteiger partial charge is 0.253 e. The number of anilines is 1. The molecule has 138 valence electrons. The quantitative estimate of drug-likeness (QED) is 0.715. The third-order valence-corrected chi connectivity index (χ3v) is 4.71. The second kappa shape index (κ2) is 10.2. The van der Waals surface area contributed by atoms with Gasteiger partial charge in [-0.15, -0.1) is 0 Å². The van der Waals surface area contributed by atoms with Crippen molar-refractivity contribution in [3.63, 3.8) is 0 Å². The van der Waals surface area contributed by atoms with Gasteiger partial charge in [0.1, 0.15) is 6.10 Å². The third-order valence-electron chi connectivity index (χ3n) is 4.71. The van der Waals surface area contributed by atoms with Crippen LogP contribution in [0.1, 0.15) is 62.7 Å². The van der Waals surface area contributed by atoms with E-state index in [0.717, 1.165) is 25.7 Å². The average molecular weight is 346 g/mol. The topological polar surface area (TPSA) is 67.4 Å². The maximum atomic E-state index is 12.4. The van der Waals surface area contributed by atoms with E-state index >= 15 is 0 Å². The highest BCUT2D eigenvalue weighted by molar-refractivity contribution is 5.98. The highest BCUT2D eigenvalue weighted by Gasteiger charge is 2.23. The number of nitrogens with one attached hydrogen (secondary N) is 2.